The van der Waals surface area contributed by atoms with Crippen LogP contribution in [0.25, 0.3) is 0 Å². The second kappa shape index (κ2) is 8.60. The molecule has 1 aliphatic heterocycles. The molecule has 2 unspecified atom stereocenters. The molecule has 5 heteroatoms. The average Bonchev–Trinajstić information content (AvgIpc) is 2.48. The maximum atomic E-state index is 12.0. The summed E-state index contributed by atoms with van der Waals surface area (Å²) >= 11 is 0. The first-order valence-corrected chi connectivity index (χ1v) is 7.98. The van der Waals surface area contributed by atoms with Crippen LogP contribution in [-0.4, -0.2) is 44.4 Å². The Labute approximate surface area is 121 Å². The quantitative estimate of drug-likeness (QED) is 0.719. The summed E-state index contributed by atoms with van der Waals surface area (Å²) in [5.41, 5.74) is 5.91. The van der Waals surface area contributed by atoms with Gasteiger partial charge in [0, 0.05) is 38.3 Å². The van der Waals surface area contributed by atoms with Crippen molar-refractivity contribution < 1.29 is 14.3 Å². The highest BCUT2D eigenvalue weighted by molar-refractivity contribution is 5.78. The Kier molecular flexibility index (Phi) is 6.76. The number of nitrogens with one attached hydrogen (secondary N) is 1. The molecule has 2 rings (SSSR count). The minimum absolute atomic E-state index is 0.121. The zero-order chi connectivity index (χ0) is 14.2. The molecule has 0 aromatic carbocycles. The van der Waals surface area contributed by atoms with Gasteiger partial charge in [0.15, 0.2) is 0 Å². The predicted molar refractivity (Wildman–Crippen MR) is 77.4 cm³/mol. The van der Waals surface area contributed by atoms with E-state index in [1.54, 1.807) is 0 Å². The molecule has 0 radical (unpaired) electrons. The normalized spacial score (nSPS) is 28.2. The van der Waals surface area contributed by atoms with Gasteiger partial charge in [-0.3, -0.25) is 4.79 Å². The first kappa shape index (κ1) is 15.7. The molecule has 5 nitrogen and oxygen atoms in total. The molecule has 0 spiro atoms. The van der Waals surface area contributed by atoms with Crippen LogP contribution in [0.5, 0.6) is 0 Å². The standard InChI is InChI=1S/C15H28N2O3/c16-13-4-1-3-12(11-13)15(18)17-7-2-8-20-14-5-9-19-10-6-14/h12-14H,1-11,16H2,(H,17,18). The van der Waals surface area contributed by atoms with E-state index in [-0.39, 0.29) is 17.9 Å². The van der Waals surface area contributed by atoms with E-state index in [2.05, 4.69) is 5.32 Å². The summed E-state index contributed by atoms with van der Waals surface area (Å²) in [4.78, 5) is 12.0. The van der Waals surface area contributed by atoms with Gasteiger partial charge in [-0.15, -0.1) is 0 Å². The molecule has 0 bridgehead atoms. The number of carbonyl (C=O) groups excluding carboxylic acids is 1. The fourth-order valence-corrected chi connectivity index (χ4v) is 2.99. The molecular weight excluding hydrogens is 256 g/mol. The summed E-state index contributed by atoms with van der Waals surface area (Å²) in [5, 5.41) is 3.01. The van der Waals surface area contributed by atoms with Crippen LogP contribution in [0.15, 0.2) is 0 Å². The number of rotatable bonds is 6. The van der Waals surface area contributed by atoms with Crippen molar-refractivity contribution in [2.75, 3.05) is 26.4 Å². The zero-order valence-electron chi connectivity index (χ0n) is 12.3. The molecule has 1 heterocycles. The second-order valence-corrected chi connectivity index (χ2v) is 5.95. The van der Waals surface area contributed by atoms with Gasteiger partial charge in [0.05, 0.1) is 6.10 Å². The summed E-state index contributed by atoms with van der Waals surface area (Å²) < 4.78 is 11.1. The molecule has 2 atom stereocenters. The number of nitrogens with two attached hydrogens (primary N) is 1. The molecule has 1 amide bonds. The number of amides is 1. The number of ether oxygens (including phenoxy) is 2. The van der Waals surface area contributed by atoms with Crippen LogP contribution in [0.3, 0.4) is 0 Å². The van der Waals surface area contributed by atoms with Crippen molar-refractivity contribution in [3.63, 3.8) is 0 Å². The molecule has 1 aliphatic carbocycles. The monoisotopic (exact) mass is 284 g/mol. The van der Waals surface area contributed by atoms with Crippen LogP contribution >= 0.6 is 0 Å². The van der Waals surface area contributed by atoms with Crippen molar-refractivity contribution in [3.8, 4) is 0 Å². The fourth-order valence-electron chi connectivity index (χ4n) is 2.99. The first-order chi connectivity index (χ1) is 9.75. The minimum Gasteiger partial charge on any atom is -0.381 e. The Balaban J connectivity index is 1.50. The van der Waals surface area contributed by atoms with Crippen molar-refractivity contribution in [1.29, 1.82) is 0 Å². The topological polar surface area (TPSA) is 73.6 Å². The summed E-state index contributed by atoms with van der Waals surface area (Å²) in [5.74, 6) is 0.293. The molecule has 1 saturated heterocycles. The van der Waals surface area contributed by atoms with Crippen LogP contribution in [0, 0.1) is 5.92 Å². The van der Waals surface area contributed by atoms with Crippen molar-refractivity contribution in [2.24, 2.45) is 11.7 Å². The maximum Gasteiger partial charge on any atom is 0.223 e. The van der Waals surface area contributed by atoms with Crippen LogP contribution < -0.4 is 11.1 Å². The van der Waals surface area contributed by atoms with Gasteiger partial charge in [-0.05, 0) is 38.5 Å². The highest BCUT2D eigenvalue weighted by atomic mass is 16.5. The van der Waals surface area contributed by atoms with Gasteiger partial charge < -0.3 is 20.5 Å². The lowest BCUT2D eigenvalue weighted by Crippen LogP contribution is -2.38. The molecule has 1 saturated carbocycles. The van der Waals surface area contributed by atoms with Crippen molar-refractivity contribution >= 4 is 5.91 Å². The second-order valence-electron chi connectivity index (χ2n) is 5.95. The molecule has 2 fully saturated rings. The lowest BCUT2D eigenvalue weighted by Gasteiger charge is -2.25. The summed E-state index contributed by atoms with van der Waals surface area (Å²) in [6.07, 6.45) is 7.16. The molecular formula is C15H28N2O3. The lowest BCUT2D eigenvalue weighted by atomic mass is 9.85. The Hall–Kier alpha value is -0.650. The third kappa shape index (κ3) is 5.38. The Morgan fingerprint density at radius 2 is 2.05 bits per heavy atom. The van der Waals surface area contributed by atoms with E-state index in [0.717, 1.165) is 64.8 Å². The van der Waals surface area contributed by atoms with Crippen LogP contribution in [0.4, 0.5) is 0 Å². The summed E-state index contributed by atoms with van der Waals surface area (Å²) in [6.45, 7) is 3.04. The average molecular weight is 284 g/mol. The van der Waals surface area contributed by atoms with E-state index in [1.807, 2.05) is 0 Å². The Morgan fingerprint density at radius 1 is 1.25 bits per heavy atom. The van der Waals surface area contributed by atoms with Gasteiger partial charge in [-0.25, -0.2) is 0 Å². The fraction of sp³-hybridized carbons (Fsp3) is 0.933. The molecule has 116 valence electrons. The highest BCUT2D eigenvalue weighted by Crippen LogP contribution is 2.23. The Bertz CT molecular complexity index is 293. The smallest absolute Gasteiger partial charge is 0.223 e. The van der Waals surface area contributed by atoms with Crippen molar-refractivity contribution in [1.82, 2.24) is 5.32 Å². The Morgan fingerprint density at radius 3 is 2.80 bits per heavy atom. The molecule has 3 N–H and O–H groups in total. The van der Waals surface area contributed by atoms with Gasteiger partial charge in [0.1, 0.15) is 0 Å². The largest absolute Gasteiger partial charge is 0.381 e. The van der Waals surface area contributed by atoms with Crippen molar-refractivity contribution in [2.45, 2.75) is 57.1 Å². The van der Waals surface area contributed by atoms with Gasteiger partial charge >= 0.3 is 0 Å². The van der Waals surface area contributed by atoms with E-state index in [9.17, 15) is 4.79 Å². The van der Waals surface area contributed by atoms with Gasteiger partial charge in [0.25, 0.3) is 0 Å². The third-order valence-corrected chi connectivity index (χ3v) is 4.23. The number of carbonyl (C=O) groups is 1. The van der Waals surface area contributed by atoms with E-state index in [0.29, 0.717) is 12.6 Å². The minimum atomic E-state index is 0.121. The van der Waals surface area contributed by atoms with E-state index >= 15 is 0 Å². The highest BCUT2D eigenvalue weighted by Gasteiger charge is 2.24. The predicted octanol–water partition coefficient (Wildman–Crippen LogP) is 1.21. The van der Waals surface area contributed by atoms with Gasteiger partial charge in [-0.1, -0.05) is 6.42 Å². The molecule has 0 aromatic rings. The zero-order valence-corrected chi connectivity index (χ0v) is 12.3. The van der Waals surface area contributed by atoms with Gasteiger partial charge in [-0.2, -0.15) is 0 Å². The van der Waals surface area contributed by atoms with Crippen molar-refractivity contribution in [3.05, 3.63) is 0 Å². The number of hydrogen-bond donors (Lipinski definition) is 2. The summed E-state index contributed by atoms with van der Waals surface area (Å²) in [7, 11) is 0. The van der Waals surface area contributed by atoms with Crippen LogP contribution in [0.1, 0.15) is 44.9 Å². The first-order valence-electron chi connectivity index (χ1n) is 7.98. The van der Waals surface area contributed by atoms with E-state index in [4.69, 9.17) is 15.2 Å². The van der Waals surface area contributed by atoms with Gasteiger partial charge in [0.2, 0.25) is 5.91 Å². The third-order valence-electron chi connectivity index (χ3n) is 4.23. The van der Waals surface area contributed by atoms with Crippen LogP contribution in [-0.2, 0) is 14.3 Å². The summed E-state index contributed by atoms with van der Waals surface area (Å²) in [6, 6.07) is 0.205. The molecule has 0 aromatic heterocycles. The van der Waals surface area contributed by atoms with Crippen LogP contribution in [0.2, 0.25) is 0 Å². The maximum absolute atomic E-state index is 12.0. The lowest BCUT2D eigenvalue weighted by molar-refractivity contribution is -0.126. The molecule has 20 heavy (non-hydrogen) atoms. The SMILES string of the molecule is NC1CCCC(C(=O)NCCCOC2CCOCC2)C1. The molecule has 2 aliphatic rings. The van der Waals surface area contributed by atoms with E-state index < -0.39 is 0 Å². The van der Waals surface area contributed by atoms with E-state index in [1.165, 1.54) is 0 Å². The number of hydrogen-bond acceptors (Lipinski definition) is 4.